The maximum atomic E-state index is 12.9. The molecule has 0 aromatic carbocycles. The van der Waals surface area contributed by atoms with Gasteiger partial charge in [-0.25, -0.2) is 0 Å². The number of hydrogen-bond donors (Lipinski definition) is 1. The van der Waals surface area contributed by atoms with Crippen LogP contribution in [0.15, 0.2) is 35.1 Å². The zero-order chi connectivity index (χ0) is 14.8. The second-order valence-electron chi connectivity index (χ2n) is 5.60. The summed E-state index contributed by atoms with van der Waals surface area (Å²) >= 11 is 0. The van der Waals surface area contributed by atoms with Crippen LogP contribution in [0.25, 0.3) is 0 Å². The van der Waals surface area contributed by atoms with E-state index in [2.05, 4.69) is 6.92 Å². The molecule has 1 fully saturated rings. The number of nitrogens with zero attached hydrogens (tertiary/aromatic N) is 2. The molecule has 1 aliphatic carbocycles. The third-order valence-corrected chi connectivity index (χ3v) is 3.76. The fourth-order valence-electron chi connectivity index (χ4n) is 2.61. The lowest BCUT2D eigenvalue weighted by atomic mass is 10.3. The number of amides is 1. The maximum absolute atomic E-state index is 12.9. The molecule has 0 unspecified atom stereocenters. The Morgan fingerprint density at radius 2 is 2.33 bits per heavy atom. The number of nitrogen functional groups attached to an aromatic ring is 1. The van der Waals surface area contributed by atoms with Crippen LogP contribution < -0.4 is 5.73 Å². The highest BCUT2D eigenvalue weighted by Gasteiger charge is 2.34. The van der Waals surface area contributed by atoms with E-state index in [4.69, 9.17) is 10.2 Å². The van der Waals surface area contributed by atoms with Gasteiger partial charge in [-0.3, -0.25) is 4.79 Å². The standard InChI is InChI=1S/C16H21N3O2/c1-2-7-18-10-12(17)9-15(18)16(20)19(13-5-6-13)11-14-4-3-8-21-14/h3-4,8-10,13H,2,5-7,11,17H2,1H3. The molecular weight excluding hydrogens is 266 g/mol. The summed E-state index contributed by atoms with van der Waals surface area (Å²) in [6.45, 7) is 3.41. The number of anilines is 1. The van der Waals surface area contributed by atoms with Gasteiger partial charge in [0.1, 0.15) is 11.5 Å². The largest absolute Gasteiger partial charge is 0.467 e. The van der Waals surface area contributed by atoms with Gasteiger partial charge >= 0.3 is 0 Å². The van der Waals surface area contributed by atoms with Crippen molar-refractivity contribution in [1.29, 1.82) is 0 Å². The predicted molar refractivity (Wildman–Crippen MR) is 80.7 cm³/mol. The van der Waals surface area contributed by atoms with Crippen molar-refractivity contribution < 1.29 is 9.21 Å². The molecule has 0 aliphatic heterocycles. The van der Waals surface area contributed by atoms with Crippen LogP contribution in [0.5, 0.6) is 0 Å². The molecule has 5 heteroatoms. The minimum Gasteiger partial charge on any atom is -0.467 e. The van der Waals surface area contributed by atoms with Crippen LogP contribution in [0.3, 0.4) is 0 Å². The summed E-state index contributed by atoms with van der Waals surface area (Å²) in [6.07, 6.45) is 6.58. The van der Waals surface area contributed by atoms with E-state index < -0.39 is 0 Å². The number of hydrogen-bond acceptors (Lipinski definition) is 3. The molecular formula is C16H21N3O2. The maximum Gasteiger partial charge on any atom is 0.271 e. The molecule has 0 spiro atoms. The van der Waals surface area contributed by atoms with E-state index in [0.29, 0.717) is 24.0 Å². The van der Waals surface area contributed by atoms with Gasteiger partial charge in [0.25, 0.3) is 5.91 Å². The molecule has 1 amide bonds. The minimum atomic E-state index is 0.0408. The smallest absolute Gasteiger partial charge is 0.271 e. The first-order valence-corrected chi connectivity index (χ1v) is 7.48. The van der Waals surface area contributed by atoms with E-state index in [0.717, 1.165) is 31.6 Å². The van der Waals surface area contributed by atoms with Crippen LogP contribution in [0.1, 0.15) is 42.4 Å². The van der Waals surface area contributed by atoms with Crippen LogP contribution in [-0.2, 0) is 13.1 Å². The normalized spacial score (nSPS) is 14.3. The van der Waals surface area contributed by atoms with E-state index in [9.17, 15) is 4.79 Å². The molecule has 1 aliphatic rings. The summed E-state index contributed by atoms with van der Waals surface area (Å²) in [4.78, 5) is 14.8. The van der Waals surface area contributed by atoms with Crippen molar-refractivity contribution in [2.45, 2.75) is 45.3 Å². The van der Waals surface area contributed by atoms with Crippen LogP contribution in [0.4, 0.5) is 5.69 Å². The van der Waals surface area contributed by atoms with Crippen molar-refractivity contribution >= 4 is 11.6 Å². The molecule has 21 heavy (non-hydrogen) atoms. The summed E-state index contributed by atoms with van der Waals surface area (Å²) < 4.78 is 7.34. The lowest BCUT2D eigenvalue weighted by Crippen LogP contribution is -2.33. The van der Waals surface area contributed by atoms with Gasteiger partial charge in [0, 0.05) is 18.8 Å². The molecule has 2 aromatic heterocycles. The van der Waals surface area contributed by atoms with Crippen molar-refractivity contribution in [3.05, 3.63) is 42.1 Å². The van der Waals surface area contributed by atoms with E-state index in [1.807, 2.05) is 27.8 Å². The Hall–Kier alpha value is -2.17. The Balaban J connectivity index is 1.84. The van der Waals surface area contributed by atoms with Gasteiger partial charge in [0.05, 0.1) is 18.5 Å². The summed E-state index contributed by atoms with van der Waals surface area (Å²) in [5.41, 5.74) is 7.18. The molecule has 1 saturated carbocycles. The average molecular weight is 287 g/mol. The number of furan rings is 1. The molecule has 2 heterocycles. The monoisotopic (exact) mass is 287 g/mol. The highest BCUT2D eigenvalue weighted by molar-refractivity contribution is 5.94. The minimum absolute atomic E-state index is 0.0408. The van der Waals surface area contributed by atoms with E-state index in [1.54, 1.807) is 12.3 Å². The number of nitrogens with two attached hydrogens (primary N) is 1. The van der Waals surface area contributed by atoms with Crippen molar-refractivity contribution in [2.24, 2.45) is 0 Å². The number of rotatable bonds is 6. The van der Waals surface area contributed by atoms with Crippen LogP contribution >= 0.6 is 0 Å². The first kappa shape index (κ1) is 13.8. The lowest BCUT2D eigenvalue weighted by Gasteiger charge is -2.22. The van der Waals surface area contributed by atoms with Crippen LogP contribution in [0.2, 0.25) is 0 Å². The molecule has 0 atom stereocenters. The predicted octanol–water partition coefficient (Wildman–Crippen LogP) is 2.88. The Bertz CT molecular complexity index is 612. The fourth-order valence-corrected chi connectivity index (χ4v) is 2.61. The summed E-state index contributed by atoms with van der Waals surface area (Å²) in [6, 6.07) is 5.86. The van der Waals surface area contributed by atoms with Crippen molar-refractivity contribution in [2.75, 3.05) is 5.73 Å². The quantitative estimate of drug-likeness (QED) is 0.888. The average Bonchev–Trinajstić information content (AvgIpc) is 3.04. The fraction of sp³-hybridized carbons (Fsp3) is 0.438. The van der Waals surface area contributed by atoms with Crippen molar-refractivity contribution in [3.8, 4) is 0 Å². The number of carbonyl (C=O) groups is 1. The zero-order valence-corrected chi connectivity index (χ0v) is 12.3. The lowest BCUT2D eigenvalue weighted by molar-refractivity contribution is 0.0706. The van der Waals surface area contributed by atoms with E-state index in [-0.39, 0.29) is 5.91 Å². The second kappa shape index (κ2) is 5.68. The summed E-state index contributed by atoms with van der Waals surface area (Å²) in [5, 5.41) is 0. The molecule has 5 nitrogen and oxygen atoms in total. The summed E-state index contributed by atoms with van der Waals surface area (Å²) in [7, 11) is 0. The van der Waals surface area contributed by atoms with Gasteiger partial charge in [-0.15, -0.1) is 0 Å². The highest BCUT2D eigenvalue weighted by Crippen LogP contribution is 2.30. The molecule has 0 bridgehead atoms. The van der Waals surface area contributed by atoms with Crippen LogP contribution in [0, 0.1) is 0 Å². The Morgan fingerprint density at radius 1 is 1.52 bits per heavy atom. The van der Waals surface area contributed by atoms with Crippen molar-refractivity contribution in [1.82, 2.24) is 9.47 Å². The topological polar surface area (TPSA) is 64.4 Å². The first-order chi connectivity index (χ1) is 10.2. The van der Waals surface area contributed by atoms with Crippen LogP contribution in [-0.4, -0.2) is 21.4 Å². The highest BCUT2D eigenvalue weighted by atomic mass is 16.3. The molecule has 2 N–H and O–H groups in total. The summed E-state index contributed by atoms with van der Waals surface area (Å²) in [5.74, 6) is 0.857. The van der Waals surface area contributed by atoms with E-state index >= 15 is 0 Å². The zero-order valence-electron chi connectivity index (χ0n) is 12.3. The van der Waals surface area contributed by atoms with E-state index in [1.165, 1.54) is 0 Å². The SMILES string of the molecule is CCCn1cc(N)cc1C(=O)N(Cc1ccco1)C1CC1. The molecule has 112 valence electrons. The van der Waals surface area contributed by atoms with Gasteiger partial charge in [-0.1, -0.05) is 6.92 Å². The van der Waals surface area contributed by atoms with Crippen molar-refractivity contribution in [3.63, 3.8) is 0 Å². The first-order valence-electron chi connectivity index (χ1n) is 7.48. The van der Waals surface area contributed by atoms with Gasteiger partial charge in [0.15, 0.2) is 0 Å². The second-order valence-corrected chi connectivity index (χ2v) is 5.60. The third-order valence-electron chi connectivity index (χ3n) is 3.76. The van der Waals surface area contributed by atoms with Gasteiger partial charge in [-0.05, 0) is 37.5 Å². The molecule has 2 aromatic rings. The molecule has 0 radical (unpaired) electrons. The van der Waals surface area contributed by atoms with Gasteiger partial charge in [0.2, 0.25) is 0 Å². The van der Waals surface area contributed by atoms with Gasteiger partial charge in [-0.2, -0.15) is 0 Å². The Labute approximate surface area is 124 Å². The molecule has 3 rings (SSSR count). The number of aryl methyl sites for hydroxylation is 1. The Morgan fingerprint density at radius 3 is 2.95 bits per heavy atom. The van der Waals surface area contributed by atoms with Gasteiger partial charge < -0.3 is 19.6 Å². The Kier molecular flexibility index (Phi) is 3.73. The number of carbonyl (C=O) groups excluding carboxylic acids is 1. The third kappa shape index (κ3) is 2.96. The molecule has 0 saturated heterocycles. The number of aromatic nitrogens is 1.